The van der Waals surface area contributed by atoms with E-state index in [0.717, 1.165) is 11.3 Å². The Labute approximate surface area is 134 Å². The van der Waals surface area contributed by atoms with Gasteiger partial charge in [0, 0.05) is 16.0 Å². The quantitative estimate of drug-likeness (QED) is 0.517. The summed E-state index contributed by atoms with van der Waals surface area (Å²) >= 11 is 1.68. The lowest BCUT2D eigenvalue weighted by Gasteiger charge is -2.14. The molecule has 22 heavy (non-hydrogen) atoms. The maximum absolute atomic E-state index is 12.0. The molecule has 0 fully saturated rings. The summed E-state index contributed by atoms with van der Waals surface area (Å²) in [7, 11) is 0. The lowest BCUT2D eigenvalue weighted by Crippen LogP contribution is -2.18. The number of amides is 1. The first-order valence-electron chi connectivity index (χ1n) is 6.93. The molecule has 0 aliphatic heterocycles. The lowest BCUT2D eigenvalue weighted by atomic mass is 9.92. The molecule has 1 amide bonds. The van der Waals surface area contributed by atoms with E-state index in [1.165, 1.54) is 4.90 Å². The summed E-state index contributed by atoms with van der Waals surface area (Å²) in [6, 6.07) is 9.67. The minimum absolute atomic E-state index is 0.0756. The third kappa shape index (κ3) is 4.21. The molecule has 0 spiro atoms. The molecule has 0 bridgehead atoms. The molecule has 0 unspecified atom stereocenters. The number of aromatic amines is 1. The minimum atomic E-state index is -0.330. The number of rotatable bonds is 4. The fraction of sp³-hybridized carbons (Fsp3) is 0.312. The van der Waals surface area contributed by atoms with Crippen molar-refractivity contribution < 1.29 is 4.79 Å². The highest BCUT2D eigenvalue weighted by Gasteiger charge is 2.18. The van der Waals surface area contributed by atoms with E-state index in [2.05, 4.69) is 41.5 Å². The summed E-state index contributed by atoms with van der Waals surface area (Å²) in [4.78, 5) is 13.2. The fourth-order valence-corrected chi connectivity index (χ4v) is 2.14. The van der Waals surface area contributed by atoms with Crippen LogP contribution in [-0.2, 0) is 5.41 Å². The molecule has 0 aliphatic carbocycles. The van der Waals surface area contributed by atoms with E-state index in [0.29, 0.717) is 5.69 Å². The van der Waals surface area contributed by atoms with Gasteiger partial charge >= 0.3 is 0 Å². The molecular weight excluding hydrogens is 296 g/mol. The van der Waals surface area contributed by atoms with Gasteiger partial charge in [0.25, 0.3) is 5.91 Å². The van der Waals surface area contributed by atoms with Gasteiger partial charge in [0.2, 0.25) is 0 Å². The molecule has 0 radical (unpaired) electrons. The molecule has 2 rings (SSSR count). The van der Waals surface area contributed by atoms with E-state index in [1.807, 2.05) is 30.5 Å². The van der Waals surface area contributed by atoms with Crippen LogP contribution in [0.5, 0.6) is 0 Å². The smallest absolute Gasteiger partial charge is 0.281 e. The zero-order valence-corrected chi connectivity index (χ0v) is 14.0. The molecule has 116 valence electrons. The van der Waals surface area contributed by atoms with Gasteiger partial charge in [-0.1, -0.05) is 32.9 Å². The zero-order chi connectivity index (χ0) is 16.2. The van der Waals surface area contributed by atoms with Crippen LogP contribution in [-0.4, -0.2) is 28.6 Å². The number of H-pyrrole nitrogens is 1. The summed E-state index contributed by atoms with van der Waals surface area (Å²) in [6.07, 6.45) is 3.64. The number of benzene rings is 1. The van der Waals surface area contributed by atoms with Crippen LogP contribution < -0.4 is 5.43 Å². The number of carbonyl (C=O) groups is 1. The predicted octanol–water partition coefficient (Wildman–Crippen LogP) is 3.19. The monoisotopic (exact) mass is 316 g/mol. The molecule has 6 heteroatoms. The van der Waals surface area contributed by atoms with Gasteiger partial charge in [0.05, 0.1) is 6.21 Å². The average molecular weight is 316 g/mol. The Hall–Kier alpha value is -2.08. The zero-order valence-electron chi connectivity index (χ0n) is 13.2. The average Bonchev–Trinajstić information content (AvgIpc) is 2.98. The van der Waals surface area contributed by atoms with E-state index in [4.69, 9.17) is 0 Å². The highest BCUT2D eigenvalue weighted by atomic mass is 32.2. The van der Waals surface area contributed by atoms with E-state index >= 15 is 0 Å². The first kappa shape index (κ1) is 16.3. The maximum Gasteiger partial charge on any atom is 0.291 e. The standard InChI is InChI=1S/C16H20N4OS/c1-16(2,3)14-9-13(18-19-14)15(21)20-17-10-11-5-7-12(22-4)8-6-11/h5-10H,1-4H3,(H,18,19)(H,20,21)/b17-10+. The number of hydrogen-bond acceptors (Lipinski definition) is 4. The van der Waals surface area contributed by atoms with Crippen molar-refractivity contribution in [3.05, 3.63) is 47.3 Å². The van der Waals surface area contributed by atoms with Gasteiger partial charge in [-0.05, 0) is 30.0 Å². The Balaban J connectivity index is 1.97. The van der Waals surface area contributed by atoms with Crippen molar-refractivity contribution in [2.75, 3.05) is 6.26 Å². The Morgan fingerprint density at radius 2 is 2.00 bits per heavy atom. The largest absolute Gasteiger partial charge is 0.291 e. The third-order valence-corrected chi connectivity index (χ3v) is 3.86. The summed E-state index contributed by atoms with van der Waals surface area (Å²) in [6.45, 7) is 6.16. The normalized spacial score (nSPS) is 11.8. The van der Waals surface area contributed by atoms with Gasteiger partial charge in [0.1, 0.15) is 0 Å². The van der Waals surface area contributed by atoms with Gasteiger partial charge in [-0.15, -0.1) is 11.8 Å². The Morgan fingerprint density at radius 1 is 1.32 bits per heavy atom. The number of thioether (sulfide) groups is 1. The molecule has 0 saturated heterocycles. The van der Waals surface area contributed by atoms with Crippen LogP contribution in [0.15, 0.2) is 40.3 Å². The summed E-state index contributed by atoms with van der Waals surface area (Å²) < 4.78 is 0. The van der Waals surface area contributed by atoms with Crippen molar-refractivity contribution in [1.29, 1.82) is 0 Å². The Morgan fingerprint density at radius 3 is 2.55 bits per heavy atom. The van der Waals surface area contributed by atoms with Crippen LogP contribution in [0.25, 0.3) is 0 Å². The lowest BCUT2D eigenvalue weighted by molar-refractivity contribution is 0.0950. The van der Waals surface area contributed by atoms with Crippen molar-refractivity contribution >= 4 is 23.9 Å². The van der Waals surface area contributed by atoms with Crippen molar-refractivity contribution in [2.24, 2.45) is 5.10 Å². The summed E-state index contributed by atoms with van der Waals surface area (Å²) in [5.41, 5.74) is 4.58. The topological polar surface area (TPSA) is 70.1 Å². The summed E-state index contributed by atoms with van der Waals surface area (Å²) in [5.74, 6) is -0.330. The Kier molecular flexibility index (Phi) is 5.03. The molecule has 5 nitrogen and oxygen atoms in total. The number of carbonyl (C=O) groups excluding carboxylic acids is 1. The third-order valence-electron chi connectivity index (χ3n) is 3.11. The highest BCUT2D eigenvalue weighted by molar-refractivity contribution is 7.98. The highest BCUT2D eigenvalue weighted by Crippen LogP contribution is 2.20. The van der Waals surface area contributed by atoms with Crippen molar-refractivity contribution in [3.8, 4) is 0 Å². The van der Waals surface area contributed by atoms with Crippen LogP contribution in [0, 0.1) is 0 Å². The number of hydrazone groups is 1. The van der Waals surface area contributed by atoms with Gasteiger partial charge in [-0.25, -0.2) is 5.43 Å². The molecule has 0 aliphatic rings. The second kappa shape index (κ2) is 6.79. The second-order valence-corrected chi connectivity index (χ2v) is 6.77. The van der Waals surface area contributed by atoms with E-state index < -0.39 is 0 Å². The fourth-order valence-electron chi connectivity index (χ4n) is 1.73. The van der Waals surface area contributed by atoms with Crippen LogP contribution in [0.2, 0.25) is 0 Å². The maximum atomic E-state index is 12.0. The van der Waals surface area contributed by atoms with E-state index in [-0.39, 0.29) is 11.3 Å². The van der Waals surface area contributed by atoms with Crippen LogP contribution >= 0.6 is 11.8 Å². The molecule has 0 saturated carbocycles. The van der Waals surface area contributed by atoms with E-state index in [9.17, 15) is 4.79 Å². The predicted molar refractivity (Wildman–Crippen MR) is 90.6 cm³/mol. The van der Waals surface area contributed by atoms with Gasteiger partial charge in [0.15, 0.2) is 5.69 Å². The molecular formula is C16H20N4OS. The molecule has 1 heterocycles. The van der Waals surface area contributed by atoms with Crippen LogP contribution in [0.4, 0.5) is 0 Å². The van der Waals surface area contributed by atoms with Gasteiger partial charge in [-0.3, -0.25) is 9.89 Å². The molecule has 0 atom stereocenters. The summed E-state index contributed by atoms with van der Waals surface area (Å²) in [5, 5.41) is 10.9. The second-order valence-electron chi connectivity index (χ2n) is 5.89. The van der Waals surface area contributed by atoms with Crippen molar-refractivity contribution in [1.82, 2.24) is 15.6 Å². The number of hydrogen-bond donors (Lipinski definition) is 2. The number of nitrogens with one attached hydrogen (secondary N) is 2. The molecule has 2 aromatic rings. The minimum Gasteiger partial charge on any atom is -0.281 e. The number of aromatic nitrogens is 2. The Bertz CT molecular complexity index is 668. The molecule has 2 N–H and O–H groups in total. The number of nitrogens with zero attached hydrogens (tertiary/aromatic N) is 2. The van der Waals surface area contributed by atoms with Gasteiger partial charge < -0.3 is 0 Å². The van der Waals surface area contributed by atoms with E-state index in [1.54, 1.807) is 24.0 Å². The van der Waals surface area contributed by atoms with Gasteiger partial charge in [-0.2, -0.15) is 10.2 Å². The van der Waals surface area contributed by atoms with Crippen LogP contribution in [0.1, 0.15) is 42.5 Å². The molecule has 1 aromatic heterocycles. The molecule has 1 aromatic carbocycles. The van der Waals surface area contributed by atoms with Crippen LogP contribution in [0.3, 0.4) is 0 Å². The van der Waals surface area contributed by atoms with Crippen molar-refractivity contribution in [2.45, 2.75) is 31.1 Å². The first-order chi connectivity index (χ1) is 10.4. The first-order valence-corrected chi connectivity index (χ1v) is 8.16. The SMILES string of the molecule is CSc1ccc(/C=N/NC(=O)c2cc(C(C)(C)C)[nH]n2)cc1. The van der Waals surface area contributed by atoms with Crippen molar-refractivity contribution in [3.63, 3.8) is 0 Å².